The van der Waals surface area contributed by atoms with Gasteiger partial charge in [0.05, 0.1) is 0 Å². The molecule has 0 heterocycles. The molecule has 0 amide bonds. The fourth-order valence-corrected chi connectivity index (χ4v) is 2.17. The van der Waals surface area contributed by atoms with Crippen LogP contribution in [0.15, 0.2) is 0 Å². The quantitative estimate of drug-likeness (QED) is 0.603. The Bertz CT molecular complexity index is 261. The molecule has 0 aromatic heterocycles. The van der Waals surface area contributed by atoms with Crippen molar-refractivity contribution in [1.82, 2.24) is 0 Å². The molecule has 0 nitrogen and oxygen atoms in total. The minimum absolute atomic E-state index is 0.0412. The number of halogens is 5. The van der Waals surface area contributed by atoms with Gasteiger partial charge in [-0.2, -0.15) is 13.2 Å². The summed E-state index contributed by atoms with van der Waals surface area (Å²) < 4.78 is 66.4. The van der Waals surface area contributed by atoms with Crippen LogP contribution in [0.3, 0.4) is 0 Å². The molecule has 0 aliphatic carbocycles. The van der Waals surface area contributed by atoms with Gasteiger partial charge in [0.2, 0.25) is 0 Å². The number of alkyl halides is 5. The molecule has 0 aliphatic rings. The molecule has 104 valence electrons. The maximum Gasteiger partial charge on any atom is 0.399 e. The second-order valence-electron chi connectivity index (χ2n) is 6.18. The Balaban J connectivity index is 5.39. The fourth-order valence-electron chi connectivity index (χ4n) is 2.17. The van der Waals surface area contributed by atoms with E-state index in [2.05, 4.69) is 0 Å². The van der Waals surface area contributed by atoms with Crippen LogP contribution >= 0.6 is 0 Å². The van der Waals surface area contributed by atoms with E-state index in [9.17, 15) is 22.0 Å². The van der Waals surface area contributed by atoms with Crippen LogP contribution in [0.2, 0.25) is 0 Å². The van der Waals surface area contributed by atoms with Gasteiger partial charge in [-0.05, 0) is 26.2 Å². The summed E-state index contributed by atoms with van der Waals surface area (Å²) in [6.45, 7) is 6.96. The summed E-state index contributed by atoms with van der Waals surface area (Å²) >= 11 is 0. The van der Waals surface area contributed by atoms with Gasteiger partial charge >= 0.3 is 6.18 Å². The zero-order chi connectivity index (χ0) is 14.3. The molecule has 0 N–H and O–H groups in total. The third-order valence-electron chi connectivity index (χ3n) is 3.26. The van der Waals surface area contributed by atoms with E-state index in [0.29, 0.717) is 13.8 Å². The predicted octanol–water partition coefficient (Wildman–Crippen LogP) is 5.28. The van der Waals surface area contributed by atoms with Crippen molar-refractivity contribution >= 4 is 0 Å². The molecule has 0 rings (SSSR count). The zero-order valence-electron chi connectivity index (χ0n) is 11.2. The lowest BCUT2D eigenvalue weighted by molar-refractivity contribution is -0.315. The maximum absolute atomic E-state index is 14.1. The van der Waals surface area contributed by atoms with E-state index >= 15 is 0 Å². The summed E-state index contributed by atoms with van der Waals surface area (Å²) in [7, 11) is 0. The van der Waals surface area contributed by atoms with Gasteiger partial charge < -0.3 is 0 Å². The second-order valence-corrected chi connectivity index (χ2v) is 6.18. The van der Waals surface area contributed by atoms with Gasteiger partial charge in [-0.15, -0.1) is 0 Å². The predicted molar refractivity (Wildman–Crippen MR) is 58.0 cm³/mol. The molecule has 0 bridgehead atoms. The Morgan fingerprint density at radius 3 is 1.41 bits per heavy atom. The van der Waals surface area contributed by atoms with Crippen LogP contribution < -0.4 is 0 Å². The smallest absolute Gasteiger partial charge is 0.205 e. The standard InChI is InChI=1S/C12H21F5/c1-8(2)7-9(3,4)11(13,14)10(5,6)12(15,16)17/h8H,7H2,1-6H3. The first kappa shape index (κ1) is 16.6. The fraction of sp³-hybridized carbons (Fsp3) is 1.00. The summed E-state index contributed by atoms with van der Waals surface area (Å²) in [5.74, 6) is -3.90. The van der Waals surface area contributed by atoms with Gasteiger partial charge in [0.1, 0.15) is 5.41 Å². The lowest BCUT2D eigenvalue weighted by atomic mass is 9.67. The summed E-state index contributed by atoms with van der Waals surface area (Å²) in [5.41, 5.74) is -4.72. The number of hydrogen-bond acceptors (Lipinski definition) is 0. The Hall–Kier alpha value is -0.350. The molecule has 0 aromatic rings. The van der Waals surface area contributed by atoms with Crippen LogP contribution in [0, 0.1) is 16.7 Å². The normalized spacial score (nSPS) is 15.5. The topological polar surface area (TPSA) is 0 Å². The molecule has 0 unspecified atom stereocenters. The van der Waals surface area contributed by atoms with E-state index in [-0.39, 0.29) is 12.3 Å². The van der Waals surface area contributed by atoms with E-state index in [1.165, 1.54) is 13.8 Å². The van der Waals surface area contributed by atoms with E-state index < -0.39 is 22.9 Å². The summed E-state index contributed by atoms with van der Waals surface area (Å²) in [6, 6.07) is 0. The minimum atomic E-state index is -4.93. The van der Waals surface area contributed by atoms with E-state index in [1.807, 2.05) is 0 Å². The van der Waals surface area contributed by atoms with Crippen LogP contribution in [0.5, 0.6) is 0 Å². The Labute approximate surface area is 99.6 Å². The van der Waals surface area contributed by atoms with Gasteiger partial charge in [-0.1, -0.05) is 27.7 Å². The van der Waals surface area contributed by atoms with E-state index in [4.69, 9.17) is 0 Å². The van der Waals surface area contributed by atoms with Gasteiger partial charge in [0, 0.05) is 5.41 Å². The Kier molecular flexibility index (Phi) is 4.30. The average molecular weight is 260 g/mol. The molecule has 0 saturated heterocycles. The zero-order valence-corrected chi connectivity index (χ0v) is 11.2. The Morgan fingerprint density at radius 1 is 0.824 bits per heavy atom. The lowest BCUT2D eigenvalue weighted by Crippen LogP contribution is -2.55. The highest BCUT2D eigenvalue weighted by Gasteiger charge is 2.68. The molecule has 5 heteroatoms. The summed E-state index contributed by atoms with van der Waals surface area (Å²) in [5, 5.41) is 0. The molecular formula is C12H21F5. The third-order valence-corrected chi connectivity index (χ3v) is 3.26. The SMILES string of the molecule is CC(C)CC(C)(C)C(F)(F)C(C)(C)C(F)(F)F. The van der Waals surface area contributed by atoms with Gasteiger partial charge in [-0.3, -0.25) is 0 Å². The van der Waals surface area contributed by atoms with E-state index in [0.717, 1.165) is 0 Å². The van der Waals surface area contributed by atoms with Crippen LogP contribution in [0.1, 0.15) is 48.0 Å². The van der Waals surface area contributed by atoms with Crippen molar-refractivity contribution in [3.8, 4) is 0 Å². The third kappa shape index (κ3) is 2.91. The van der Waals surface area contributed by atoms with Gasteiger partial charge in [0.15, 0.2) is 0 Å². The van der Waals surface area contributed by atoms with Crippen LogP contribution in [0.4, 0.5) is 22.0 Å². The van der Waals surface area contributed by atoms with Crippen molar-refractivity contribution in [2.24, 2.45) is 16.7 Å². The molecule has 0 atom stereocenters. The minimum Gasteiger partial charge on any atom is -0.205 e. The average Bonchev–Trinajstić information content (AvgIpc) is 1.98. The first-order chi connectivity index (χ1) is 7.17. The monoisotopic (exact) mass is 260 g/mol. The molecule has 0 aliphatic heterocycles. The lowest BCUT2D eigenvalue weighted by Gasteiger charge is -2.45. The maximum atomic E-state index is 14.1. The molecule has 0 radical (unpaired) electrons. The Morgan fingerprint density at radius 2 is 1.18 bits per heavy atom. The van der Waals surface area contributed by atoms with Crippen molar-refractivity contribution in [1.29, 1.82) is 0 Å². The van der Waals surface area contributed by atoms with Crippen molar-refractivity contribution in [3.63, 3.8) is 0 Å². The highest BCUT2D eigenvalue weighted by Crippen LogP contribution is 2.57. The van der Waals surface area contributed by atoms with Crippen LogP contribution in [-0.2, 0) is 0 Å². The summed E-state index contributed by atoms with van der Waals surface area (Å²) in [4.78, 5) is 0. The molecule has 0 aromatic carbocycles. The number of hydrogen-bond donors (Lipinski definition) is 0. The van der Waals surface area contributed by atoms with Crippen molar-refractivity contribution in [2.45, 2.75) is 60.1 Å². The van der Waals surface area contributed by atoms with Gasteiger partial charge in [0.25, 0.3) is 5.92 Å². The van der Waals surface area contributed by atoms with Crippen molar-refractivity contribution in [2.75, 3.05) is 0 Å². The van der Waals surface area contributed by atoms with E-state index in [1.54, 1.807) is 13.8 Å². The highest BCUT2D eigenvalue weighted by molar-refractivity contribution is 5.00. The van der Waals surface area contributed by atoms with Crippen molar-refractivity contribution < 1.29 is 22.0 Å². The summed E-state index contributed by atoms with van der Waals surface area (Å²) in [6.07, 6.45) is -4.88. The molecule has 0 fully saturated rings. The molecule has 17 heavy (non-hydrogen) atoms. The second kappa shape index (κ2) is 4.39. The van der Waals surface area contributed by atoms with Gasteiger partial charge in [-0.25, -0.2) is 8.78 Å². The van der Waals surface area contributed by atoms with Crippen molar-refractivity contribution in [3.05, 3.63) is 0 Å². The molecular weight excluding hydrogens is 239 g/mol. The first-order valence-electron chi connectivity index (χ1n) is 5.61. The number of rotatable bonds is 4. The first-order valence-corrected chi connectivity index (χ1v) is 5.61. The largest absolute Gasteiger partial charge is 0.399 e. The van der Waals surface area contributed by atoms with Crippen LogP contribution in [-0.4, -0.2) is 12.1 Å². The molecule has 0 spiro atoms. The van der Waals surface area contributed by atoms with Crippen LogP contribution in [0.25, 0.3) is 0 Å². The molecule has 0 saturated carbocycles. The highest BCUT2D eigenvalue weighted by atomic mass is 19.4.